The monoisotopic (exact) mass is 372 g/mol. The maximum Gasteiger partial charge on any atom is 0.244 e. The van der Waals surface area contributed by atoms with E-state index >= 15 is 0 Å². The van der Waals surface area contributed by atoms with Crippen LogP contribution in [0.5, 0.6) is 0 Å². The molecule has 0 aromatic heterocycles. The molecule has 1 aliphatic heterocycles. The zero-order valence-electron chi connectivity index (χ0n) is 13.1. The van der Waals surface area contributed by atoms with Crippen LogP contribution >= 0.6 is 23.2 Å². The van der Waals surface area contributed by atoms with Crippen molar-refractivity contribution in [3.05, 3.63) is 28.2 Å². The zero-order chi connectivity index (χ0) is 17.7. The molecule has 1 saturated heterocycles. The molecule has 3 amide bonds. The second-order valence-electron chi connectivity index (χ2n) is 5.46. The summed E-state index contributed by atoms with van der Waals surface area (Å²) in [6.07, 6.45) is 0. The van der Waals surface area contributed by atoms with Gasteiger partial charge < -0.3 is 15.5 Å². The smallest absolute Gasteiger partial charge is 0.244 e. The molecule has 1 aliphatic rings. The number of carbonyl (C=O) groups is 3. The van der Waals surface area contributed by atoms with Crippen LogP contribution in [0.25, 0.3) is 0 Å². The summed E-state index contributed by atoms with van der Waals surface area (Å²) >= 11 is 12.0. The third kappa shape index (κ3) is 5.09. The number of rotatable bonds is 5. The Morgan fingerprint density at radius 2 is 2.00 bits per heavy atom. The lowest BCUT2D eigenvalue weighted by atomic mass is 10.3. The van der Waals surface area contributed by atoms with Gasteiger partial charge in [0.15, 0.2) is 0 Å². The normalized spacial score (nSPS) is 14.9. The molecule has 1 aromatic rings. The van der Waals surface area contributed by atoms with E-state index in [1.54, 1.807) is 23.1 Å². The summed E-state index contributed by atoms with van der Waals surface area (Å²) in [5.41, 5.74) is 0.319. The highest BCUT2D eigenvalue weighted by Crippen LogP contribution is 2.29. The topological polar surface area (TPSA) is 81.8 Å². The van der Waals surface area contributed by atoms with Gasteiger partial charge in [0.1, 0.15) is 0 Å². The Kier molecular flexibility index (Phi) is 6.42. The number of hydrogen-bond acceptors (Lipinski definition) is 4. The number of anilines is 1. The molecule has 0 spiro atoms. The third-order valence-electron chi connectivity index (χ3n) is 3.51. The van der Waals surface area contributed by atoms with Gasteiger partial charge in [-0.2, -0.15) is 0 Å². The number of likely N-dealkylation sites (N-methyl/N-ethyl adjacent to an activating group) is 1. The Labute approximate surface area is 149 Å². The fourth-order valence-electron chi connectivity index (χ4n) is 2.24. The molecule has 0 bridgehead atoms. The van der Waals surface area contributed by atoms with E-state index in [9.17, 15) is 14.4 Å². The maximum absolute atomic E-state index is 12.2. The van der Waals surface area contributed by atoms with Gasteiger partial charge in [-0.3, -0.25) is 19.3 Å². The Hall–Kier alpha value is -1.83. The second-order valence-corrected chi connectivity index (χ2v) is 6.27. The van der Waals surface area contributed by atoms with Crippen LogP contribution in [0.15, 0.2) is 18.2 Å². The van der Waals surface area contributed by atoms with Gasteiger partial charge >= 0.3 is 0 Å². The second kappa shape index (κ2) is 8.32. The highest BCUT2D eigenvalue weighted by atomic mass is 35.5. The Morgan fingerprint density at radius 3 is 2.62 bits per heavy atom. The molecule has 2 rings (SSSR count). The fraction of sp³-hybridized carbons (Fsp3) is 0.400. The number of amides is 3. The maximum atomic E-state index is 12.2. The molecule has 2 N–H and O–H groups in total. The minimum absolute atomic E-state index is 0.0874. The number of benzene rings is 1. The minimum Gasteiger partial charge on any atom is -0.354 e. The van der Waals surface area contributed by atoms with E-state index in [1.165, 1.54) is 11.9 Å². The molecule has 0 unspecified atom stereocenters. The van der Waals surface area contributed by atoms with Crippen LogP contribution in [0.4, 0.5) is 5.69 Å². The van der Waals surface area contributed by atoms with Gasteiger partial charge in [0, 0.05) is 20.1 Å². The van der Waals surface area contributed by atoms with Gasteiger partial charge in [0.2, 0.25) is 17.7 Å². The van der Waals surface area contributed by atoms with E-state index in [2.05, 4.69) is 10.6 Å². The largest absolute Gasteiger partial charge is 0.354 e. The van der Waals surface area contributed by atoms with E-state index < -0.39 is 5.91 Å². The van der Waals surface area contributed by atoms with Crippen LogP contribution in [0, 0.1) is 0 Å². The summed E-state index contributed by atoms with van der Waals surface area (Å²) in [6, 6.07) is 4.89. The van der Waals surface area contributed by atoms with Crippen LogP contribution in [0.1, 0.15) is 0 Å². The summed E-state index contributed by atoms with van der Waals surface area (Å²) in [4.78, 5) is 38.6. The lowest BCUT2D eigenvalue weighted by Gasteiger charge is -2.27. The molecule has 1 fully saturated rings. The molecule has 0 aliphatic carbocycles. The van der Waals surface area contributed by atoms with Crippen LogP contribution in [0.3, 0.4) is 0 Å². The van der Waals surface area contributed by atoms with Crippen molar-refractivity contribution in [1.82, 2.24) is 15.1 Å². The fourth-order valence-corrected chi connectivity index (χ4v) is 2.73. The third-order valence-corrected chi connectivity index (χ3v) is 4.14. The highest BCUT2D eigenvalue weighted by Gasteiger charge is 2.21. The number of nitrogens with one attached hydrogen (secondary N) is 2. The van der Waals surface area contributed by atoms with Crippen LogP contribution in [0.2, 0.25) is 10.0 Å². The van der Waals surface area contributed by atoms with Crippen molar-refractivity contribution in [3.8, 4) is 0 Å². The predicted molar refractivity (Wildman–Crippen MR) is 92.2 cm³/mol. The highest BCUT2D eigenvalue weighted by molar-refractivity contribution is 6.39. The van der Waals surface area contributed by atoms with E-state index in [-0.39, 0.29) is 31.4 Å². The van der Waals surface area contributed by atoms with Crippen molar-refractivity contribution in [1.29, 1.82) is 0 Å². The molecular formula is C15H18Cl2N4O3. The van der Waals surface area contributed by atoms with E-state index in [4.69, 9.17) is 23.2 Å². The Balaban J connectivity index is 1.86. The van der Waals surface area contributed by atoms with E-state index in [0.29, 0.717) is 28.8 Å². The van der Waals surface area contributed by atoms with E-state index in [0.717, 1.165) is 0 Å². The number of carbonyl (C=O) groups excluding carboxylic acids is 3. The standard InChI is InChI=1S/C15H18Cl2N4O3/c1-20(14(24)9-21-6-5-18-12(22)8-21)7-13(23)19-15-10(16)3-2-4-11(15)17/h2-4H,5-9H2,1H3,(H,18,22)(H,19,23). The summed E-state index contributed by atoms with van der Waals surface area (Å²) in [5, 5.41) is 5.94. The molecule has 0 saturated carbocycles. The minimum atomic E-state index is -0.405. The van der Waals surface area contributed by atoms with Crippen molar-refractivity contribution in [2.24, 2.45) is 0 Å². The molecule has 0 radical (unpaired) electrons. The molecule has 7 nitrogen and oxygen atoms in total. The summed E-state index contributed by atoms with van der Waals surface area (Å²) < 4.78 is 0. The first-order chi connectivity index (χ1) is 11.4. The summed E-state index contributed by atoms with van der Waals surface area (Å²) in [6.45, 7) is 1.25. The van der Waals surface area contributed by atoms with Crippen LogP contribution in [-0.2, 0) is 14.4 Å². The predicted octanol–water partition coefficient (Wildman–Crippen LogP) is 0.822. The number of halogens is 2. The van der Waals surface area contributed by atoms with Crippen molar-refractivity contribution in [2.75, 3.05) is 45.1 Å². The Bertz CT molecular complexity index is 633. The molecular weight excluding hydrogens is 355 g/mol. The molecule has 24 heavy (non-hydrogen) atoms. The Morgan fingerprint density at radius 1 is 1.33 bits per heavy atom. The lowest BCUT2D eigenvalue weighted by molar-refractivity contribution is -0.135. The van der Waals surface area contributed by atoms with Crippen molar-refractivity contribution >= 4 is 46.6 Å². The first-order valence-corrected chi connectivity index (χ1v) is 8.09. The SMILES string of the molecule is CN(CC(=O)Nc1c(Cl)cccc1Cl)C(=O)CN1CCNC(=O)C1. The summed E-state index contributed by atoms with van der Waals surface area (Å²) in [7, 11) is 1.53. The first-order valence-electron chi connectivity index (χ1n) is 7.33. The number of hydrogen-bond donors (Lipinski definition) is 2. The van der Waals surface area contributed by atoms with Gasteiger partial charge in [-0.25, -0.2) is 0 Å². The van der Waals surface area contributed by atoms with Gasteiger partial charge in [0.05, 0.1) is 35.4 Å². The van der Waals surface area contributed by atoms with Crippen molar-refractivity contribution in [2.45, 2.75) is 0 Å². The van der Waals surface area contributed by atoms with Gasteiger partial charge in [-0.1, -0.05) is 29.3 Å². The van der Waals surface area contributed by atoms with Crippen LogP contribution in [-0.4, -0.2) is 67.3 Å². The summed E-state index contributed by atoms with van der Waals surface area (Å²) in [5.74, 6) is -0.759. The van der Waals surface area contributed by atoms with E-state index in [1.807, 2.05) is 0 Å². The number of nitrogens with zero attached hydrogens (tertiary/aromatic N) is 2. The van der Waals surface area contributed by atoms with Crippen molar-refractivity contribution in [3.63, 3.8) is 0 Å². The molecule has 130 valence electrons. The lowest BCUT2D eigenvalue weighted by Crippen LogP contribution is -2.51. The molecule has 9 heteroatoms. The van der Waals surface area contributed by atoms with Gasteiger partial charge in [-0.05, 0) is 12.1 Å². The van der Waals surface area contributed by atoms with Crippen molar-refractivity contribution < 1.29 is 14.4 Å². The zero-order valence-corrected chi connectivity index (χ0v) is 14.7. The van der Waals surface area contributed by atoms with Gasteiger partial charge in [0.25, 0.3) is 0 Å². The quantitative estimate of drug-likeness (QED) is 0.801. The molecule has 0 atom stereocenters. The average molecular weight is 373 g/mol. The molecule has 1 aromatic carbocycles. The average Bonchev–Trinajstić information content (AvgIpc) is 2.51. The van der Waals surface area contributed by atoms with Gasteiger partial charge in [-0.15, -0.1) is 0 Å². The number of para-hydroxylation sites is 1. The molecule has 1 heterocycles. The first kappa shape index (κ1) is 18.5. The van der Waals surface area contributed by atoms with Crippen LogP contribution < -0.4 is 10.6 Å². The number of piperazine rings is 1.